The maximum atomic E-state index is 13.2. The maximum absolute atomic E-state index is 13.2. The highest BCUT2D eigenvalue weighted by atomic mass is 32.2. The fourth-order valence-corrected chi connectivity index (χ4v) is 6.24. The number of benzene rings is 2. The number of aromatic nitrogens is 3. The van der Waals surface area contributed by atoms with Crippen molar-refractivity contribution in [1.82, 2.24) is 19.1 Å². The van der Waals surface area contributed by atoms with Crippen LogP contribution in [0.5, 0.6) is 0 Å². The summed E-state index contributed by atoms with van der Waals surface area (Å²) in [5.74, 6) is 1.07. The largest absolute Gasteiger partial charge is 0.379 e. The van der Waals surface area contributed by atoms with Crippen LogP contribution in [0, 0.1) is 5.92 Å². The molecule has 1 unspecified atom stereocenters. The highest BCUT2D eigenvalue weighted by Gasteiger charge is 2.27. The van der Waals surface area contributed by atoms with Crippen molar-refractivity contribution in [3.05, 3.63) is 60.2 Å². The minimum absolute atomic E-state index is 0.210. The molecule has 9 heteroatoms. The van der Waals surface area contributed by atoms with Crippen molar-refractivity contribution < 1.29 is 13.2 Å². The molecule has 4 rings (SSSR count). The number of hydrogen-bond acceptors (Lipinski definition) is 6. The van der Waals surface area contributed by atoms with Crippen molar-refractivity contribution in [3.8, 4) is 11.4 Å². The molecule has 0 bridgehead atoms. The highest BCUT2D eigenvalue weighted by Crippen LogP contribution is 2.36. The molecular weight excluding hydrogens is 456 g/mol. The first-order chi connectivity index (χ1) is 15.9. The average molecular weight is 487 g/mol. The van der Waals surface area contributed by atoms with E-state index < -0.39 is 10.0 Å². The Bertz CT molecular complexity index is 1170. The zero-order chi connectivity index (χ0) is 23.4. The number of sulfonamides is 1. The monoisotopic (exact) mass is 486 g/mol. The Morgan fingerprint density at radius 3 is 2.42 bits per heavy atom. The van der Waals surface area contributed by atoms with Crippen molar-refractivity contribution in [2.24, 2.45) is 5.92 Å². The van der Waals surface area contributed by atoms with Crippen molar-refractivity contribution in [2.45, 2.75) is 42.6 Å². The summed E-state index contributed by atoms with van der Waals surface area (Å²) >= 11 is 1.66. The molecule has 1 atom stereocenters. The normalized spacial score (nSPS) is 16.2. The molecule has 2 heterocycles. The quantitative estimate of drug-likeness (QED) is 0.437. The van der Waals surface area contributed by atoms with Crippen LogP contribution in [0.1, 0.15) is 31.6 Å². The van der Waals surface area contributed by atoms with Gasteiger partial charge in [0, 0.05) is 30.4 Å². The van der Waals surface area contributed by atoms with E-state index in [-0.39, 0.29) is 10.1 Å². The first kappa shape index (κ1) is 23.9. The van der Waals surface area contributed by atoms with Gasteiger partial charge in [-0.15, -0.1) is 10.2 Å². The Morgan fingerprint density at radius 1 is 1.00 bits per heavy atom. The van der Waals surface area contributed by atoms with Crippen LogP contribution in [0.2, 0.25) is 0 Å². The molecule has 3 aromatic rings. The van der Waals surface area contributed by atoms with Crippen LogP contribution in [-0.2, 0) is 21.3 Å². The average Bonchev–Trinajstić information content (AvgIpc) is 3.21. The third kappa shape index (κ3) is 5.48. The van der Waals surface area contributed by atoms with Gasteiger partial charge < -0.3 is 9.30 Å². The molecule has 0 amide bonds. The van der Waals surface area contributed by atoms with Gasteiger partial charge >= 0.3 is 0 Å². The van der Waals surface area contributed by atoms with Crippen molar-refractivity contribution in [3.63, 3.8) is 0 Å². The molecule has 1 aromatic heterocycles. The zero-order valence-electron chi connectivity index (χ0n) is 19.2. The number of nitrogens with zero attached hydrogens (tertiary/aromatic N) is 4. The van der Waals surface area contributed by atoms with Crippen molar-refractivity contribution in [2.75, 3.05) is 26.3 Å². The molecule has 0 aliphatic carbocycles. The number of thioether (sulfide) groups is 1. The third-order valence-electron chi connectivity index (χ3n) is 5.52. The van der Waals surface area contributed by atoms with Crippen LogP contribution in [0.3, 0.4) is 0 Å². The Kier molecular flexibility index (Phi) is 7.53. The third-order valence-corrected chi connectivity index (χ3v) is 8.55. The van der Waals surface area contributed by atoms with E-state index in [1.807, 2.05) is 24.3 Å². The van der Waals surface area contributed by atoms with Gasteiger partial charge in [0.1, 0.15) is 0 Å². The van der Waals surface area contributed by atoms with Gasteiger partial charge in [0.2, 0.25) is 10.0 Å². The van der Waals surface area contributed by atoms with Gasteiger partial charge in [-0.25, -0.2) is 8.42 Å². The van der Waals surface area contributed by atoms with E-state index in [1.54, 1.807) is 30.0 Å². The first-order valence-corrected chi connectivity index (χ1v) is 13.5. The number of rotatable bonds is 8. The summed E-state index contributed by atoms with van der Waals surface area (Å²) in [6, 6.07) is 17.3. The Labute approximate surface area is 200 Å². The van der Waals surface area contributed by atoms with E-state index in [1.165, 1.54) is 9.87 Å². The SMILES string of the molecule is CC(C)Cn1c(SC(C)c2ccccc2)nnc1-c1cccc(S(=O)(=O)N2CCOCC2)c1. The number of ether oxygens (including phenoxy) is 1. The molecule has 0 N–H and O–H groups in total. The second kappa shape index (κ2) is 10.4. The topological polar surface area (TPSA) is 77.3 Å². The van der Waals surface area contributed by atoms with E-state index >= 15 is 0 Å². The molecule has 176 valence electrons. The molecule has 0 radical (unpaired) electrons. The maximum Gasteiger partial charge on any atom is 0.243 e. The lowest BCUT2D eigenvalue weighted by molar-refractivity contribution is 0.0730. The summed E-state index contributed by atoms with van der Waals surface area (Å²) in [5.41, 5.74) is 1.97. The van der Waals surface area contributed by atoms with Gasteiger partial charge in [0.15, 0.2) is 11.0 Å². The Morgan fingerprint density at radius 2 is 1.73 bits per heavy atom. The van der Waals surface area contributed by atoms with Crippen LogP contribution >= 0.6 is 11.8 Å². The fraction of sp³-hybridized carbons (Fsp3) is 0.417. The summed E-state index contributed by atoms with van der Waals surface area (Å²) in [6.45, 7) is 8.78. The second-order valence-corrected chi connectivity index (χ2v) is 11.8. The number of hydrogen-bond donors (Lipinski definition) is 0. The molecule has 33 heavy (non-hydrogen) atoms. The minimum Gasteiger partial charge on any atom is -0.379 e. The zero-order valence-corrected chi connectivity index (χ0v) is 20.8. The van der Waals surface area contributed by atoms with Crippen LogP contribution in [0.15, 0.2) is 64.6 Å². The van der Waals surface area contributed by atoms with Gasteiger partial charge in [-0.2, -0.15) is 4.31 Å². The van der Waals surface area contributed by atoms with Gasteiger partial charge in [-0.05, 0) is 30.5 Å². The van der Waals surface area contributed by atoms with Gasteiger partial charge in [0.25, 0.3) is 0 Å². The molecule has 2 aromatic carbocycles. The van der Waals surface area contributed by atoms with Gasteiger partial charge in [-0.1, -0.05) is 68.1 Å². The first-order valence-electron chi connectivity index (χ1n) is 11.2. The van der Waals surface area contributed by atoms with Crippen molar-refractivity contribution >= 4 is 21.8 Å². The smallest absolute Gasteiger partial charge is 0.243 e. The summed E-state index contributed by atoms with van der Waals surface area (Å²) in [5, 5.41) is 10.0. The molecule has 1 aliphatic heterocycles. The lowest BCUT2D eigenvalue weighted by atomic mass is 10.2. The minimum atomic E-state index is -3.59. The Hall–Kier alpha value is -2.20. The van der Waals surface area contributed by atoms with Gasteiger partial charge in [0.05, 0.1) is 18.1 Å². The van der Waals surface area contributed by atoms with Crippen LogP contribution in [-0.4, -0.2) is 53.8 Å². The molecule has 1 fully saturated rings. The molecule has 1 saturated heterocycles. The van der Waals surface area contributed by atoms with E-state index in [2.05, 4.69) is 47.7 Å². The molecule has 7 nitrogen and oxygen atoms in total. The standard InChI is InChI=1S/C24H30N4O3S2/c1-18(2)17-28-23(25-26-24(28)32-19(3)20-8-5-4-6-9-20)21-10-7-11-22(16-21)33(29,30)27-12-14-31-15-13-27/h4-11,16,18-19H,12-15,17H2,1-3H3. The molecule has 0 saturated carbocycles. The summed E-state index contributed by atoms with van der Waals surface area (Å²) in [6.07, 6.45) is 0. The van der Waals surface area contributed by atoms with E-state index in [9.17, 15) is 8.42 Å². The van der Waals surface area contributed by atoms with E-state index in [0.29, 0.717) is 38.0 Å². The van der Waals surface area contributed by atoms with E-state index in [0.717, 1.165) is 17.3 Å². The van der Waals surface area contributed by atoms with E-state index in [4.69, 9.17) is 4.74 Å². The molecular formula is C24H30N4O3S2. The lowest BCUT2D eigenvalue weighted by Gasteiger charge is -2.26. The summed E-state index contributed by atoms with van der Waals surface area (Å²) < 4.78 is 35.2. The second-order valence-electron chi connectivity index (χ2n) is 8.53. The fourth-order valence-electron chi connectivity index (χ4n) is 3.80. The van der Waals surface area contributed by atoms with Crippen LogP contribution in [0.4, 0.5) is 0 Å². The predicted octanol–water partition coefficient (Wildman–Crippen LogP) is 4.48. The Balaban J connectivity index is 1.67. The predicted molar refractivity (Wildman–Crippen MR) is 131 cm³/mol. The highest BCUT2D eigenvalue weighted by molar-refractivity contribution is 7.99. The van der Waals surface area contributed by atoms with Crippen LogP contribution in [0.25, 0.3) is 11.4 Å². The summed E-state index contributed by atoms with van der Waals surface area (Å²) in [4.78, 5) is 0.271. The van der Waals surface area contributed by atoms with Gasteiger partial charge in [-0.3, -0.25) is 0 Å². The summed E-state index contributed by atoms with van der Waals surface area (Å²) in [7, 11) is -3.59. The molecule has 0 spiro atoms. The lowest BCUT2D eigenvalue weighted by Crippen LogP contribution is -2.40. The van der Waals surface area contributed by atoms with Crippen molar-refractivity contribution in [1.29, 1.82) is 0 Å². The number of morpholine rings is 1. The van der Waals surface area contributed by atoms with Crippen LogP contribution < -0.4 is 0 Å². The molecule has 1 aliphatic rings.